The van der Waals surface area contributed by atoms with E-state index in [0.717, 1.165) is 22.2 Å². The van der Waals surface area contributed by atoms with Crippen LogP contribution in [0.15, 0.2) is 47.5 Å². The Labute approximate surface area is 135 Å². The number of nitrogens with zero attached hydrogens (tertiary/aromatic N) is 4. The molecule has 0 spiro atoms. The lowest BCUT2D eigenvalue weighted by Crippen LogP contribution is -1.89. The van der Waals surface area contributed by atoms with E-state index in [1.54, 1.807) is 11.3 Å². The molecular weight excluding hydrogens is 312 g/mol. The van der Waals surface area contributed by atoms with Gasteiger partial charge in [-0.25, -0.2) is 9.97 Å². The number of fused-ring (bicyclic) bond motifs is 1. The van der Waals surface area contributed by atoms with Crippen molar-refractivity contribution in [3.8, 4) is 23.1 Å². The maximum Gasteiger partial charge on any atom is 0.247 e. The van der Waals surface area contributed by atoms with E-state index in [4.69, 9.17) is 9.15 Å². The molecule has 0 aliphatic carbocycles. The Hall–Kier alpha value is -2.80. The van der Waals surface area contributed by atoms with Crippen LogP contribution in [-0.4, -0.2) is 20.2 Å². The molecule has 6 nitrogen and oxygen atoms in total. The van der Waals surface area contributed by atoms with Gasteiger partial charge in [-0.1, -0.05) is 6.92 Å². The summed E-state index contributed by atoms with van der Waals surface area (Å²) in [6, 6.07) is 9.52. The normalized spacial score (nSPS) is 11.0. The molecule has 4 rings (SSSR count). The fourth-order valence-electron chi connectivity index (χ4n) is 2.22. The maximum atomic E-state index is 5.91. The van der Waals surface area contributed by atoms with Crippen LogP contribution < -0.4 is 4.74 Å². The molecule has 0 fully saturated rings. The molecule has 0 saturated carbocycles. The highest BCUT2D eigenvalue weighted by molar-refractivity contribution is 7.18. The van der Waals surface area contributed by atoms with Gasteiger partial charge in [0, 0.05) is 10.4 Å². The van der Waals surface area contributed by atoms with Gasteiger partial charge in [0.1, 0.15) is 16.9 Å². The predicted octanol–water partition coefficient (Wildman–Crippen LogP) is 4.10. The van der Waals surface area contributed by atoms with Crippen molar-refractivity contribution in [3.63, 3.8) is 0 Å². The van der Waals surface area contributed by atoms with Crippen LogP contribution in [0.2, 0.25) is 0 Å². The quantitative estimate of drug-likeness (QED) is 0.563. The summed E-state index contributed by atoms with van der Waals surface area (Å²) < 4.78 is 11.1. The molecule has 23 heavy (non-hydrogen) atoms. The molecule has 3 aromatic heterocycles. The van der Waals surface area contributed by atoms with Gasteiger partial charge in [-0.3, -0.25) is 0 Å². The number of rotatable bonds is 4. The Balaban J connectivity index is 1.64. The lowest BCUT2D eigenvalue weighted by atomic mass is 10.2. The first-order valence-corrected chi connectivity index (χ1v) is 7.93. The number of aromatic nitrogens is 4. The van der Waals surface area contributed by atoms with E-state index >= 15 is 0 Å². The number of thiophene rings is 1. The van der Waals surface area contributed by atoms with Crippen molar-refractivity contribution in [2.24, 2.45) is 0 Å². The van der Waals surface area contributed by atoms with E-state index in [1.165, 1.54) is 17.6 Å². The fourth-order valence-corrected chi connectivity index (χ4v) is 3.14. The zero-order valence-electron chi connectivity index (χ0n) is 12.3. The second kappa shape index (κ2) is 5.77. The molecule has 4 aromatic rings. The van der Waals surface area contributed by atoms with Crippen LogP contribution in [0, 0.1) is 0 Å². The number of hydrogen-bond donors (Lipinski definition) is 0. The molecule has 3 heterocycles. The Morgan fingerprint density at radius 2 is 2.04 bits per heavy atom. The molecule has 0 N–H and O–H groups in total. The van der Waals surface area contributed by atoms with Gasteiger partial charge in [-0.15, -0.1) is 21.5 Å². The fraction of sp³-hybridized carbons (Fsp3) is 0.125. The third-order valence-electron chi connectivity index (χ3n) is 3.37. The zero-order valence-corrected chi connectivity index (χ0v) is 13.1. The highest BCUT2D eigenvalue weighted by Crippen LogP contribution is 2.32. The molecule has 1 aromatic carbocycles. The maximum absolute atomic E-state index is 5.91. The smallest absolute Gasteiger partial charge is 0.247 e. The van der Waals surface area contributed by atoms with Crippen molar-refractivity contribution in [2.45, 2.75) is 13.3 Å². The first kappa shape index (κ1) is 13.8. The van der Waals surface area contributed by atoms with Gasteiger partial charge < -0.3 is 9.15 Å². The highest BCUT2D eigenvalue weighted by Gasteiger charge is 2.10. The molecule has 7 heteroatoms. The van der Waals surface area contributed by atoms with Crippen LogP contribution in [0.3, 0.4) is 0 Å². The largest absolute Gasteiger partial charge is 0.438 e. The molecule has 0 bridgehead atoms. The highest BCUT2D eigenvalue weighted by atomic mass is 32.1. The number of ether oxygens (including phenoxy) is 1. The van der Waals surface area contributed by atoms with E-state index in [2.05, 4.69) is 33.2 Å². The van der Waals surface area contributed by atoms with Gasteiger partial charge in [0.05, 0.1) is 5.39 Å². The lowest BCUT2D eigenvalue weighted by molar-refractivity contribution is 0.468. The summed E-state index contributed by atoms with van der Waals surface area (Å²) in [7, 11) is 0. The molecular formula is C16H12N4O2S. The van der Waals surface area contributed by atoms with Crippen molar-refractivity contribution in [1.29, 1.82) is 0 Å². The van der Waals surface area contributed by atoms with Crippen LogP contribution in [0.4, 0.5) is 0 Å². The van der Waals surface area contributed by atoms with Crippen molar-refractivity contribution in [3.05, 3.63) is 47.9 Å². The number of benzene rings is 1. The molecule has 114 valence electrons. The molecule has 0 saturated heterocycles. The van der Waals surface area contributed by atoms with E-state index in [9.17, 15) is 0 Å². The average molecular weight is 324 g/mol. The number of aryl methyl sites for hydroxylation is 1. The average Bonchev–Trinajstić information content (AvgIpc) is 3.25. The molecule has 0 aliphatic heterocycles. The van der Waals surface area contributed by atoms with Crippen LogP contribution >= 0.6 is 11.3 Å². The Morgan fingerprint density at radius 3 is 2.78 bits per heavy atom. The van der Waals surface area contributed by atoms with Gasteiger partial charge in [0.15, 0.2) is 0 Å². The molecule has 0 unspecified atom stereocenters. The van der Waals surface area contributed by atoms with E-state index in [1.807, 2.05) is 24.3 Å². The summed E-state index contributed by atoms with van der Waals surface area (Å²) in [5.74, 6) is 1.74. The van der Waals surface area contributed by atoms with Gasteiger partial charge in [-0.05, 0) is 36.8 Å². The minimum atomic E-state index is 0.478. The lowest BCUT2D eigenvalue weighted by Gasteiger charge is -2.05. The van der Waals surface area contributed by atoms with Crippen LogP contribution in [0.5, 0.6) is 11.6 Å². The van der Waals surface area contributed by atoms with E-state index < -0.39 is 0 Å². The Bertz CT molecular complexity index is 933. The summed E-state index contributed by atoms with van der Waals surface area (Å²) in [5, 5.41) is 8.49. The van der Waals surface area contributed by atoms with Gasteiger partial charge in [0.2, 0.25) is 18.2 Å². The van der Waals surface area contributed by atoms with E-state index in [0.29, 0.717) is 17.5 Å². The monoisotopic (exact) mass is 324 g/mol. The second-order valence-corrected chi connectivity index (χ2v) is 5.95. The van der Waals surface area contributed by atoms with Crippen molar-refractivity contribution < 1.29 is 9.15 Å². The SMILES string of the molecule is CCc1cc2c(Oc3ccc(-c4nnco4)cc3)ncnc2s1. The summed E-state index contributed by atoms with van der Waals surface area (Å²) in [4.78, 5) is 10.8. The molecule has 0 amide bonds. The standard InChI is InChI=1S/C16H12N4O2S/c1-2-12-7-13-15(17-8-18-16(13)23-12)22-11-5-3-10(4-6-11)14-20-19-9-21-14/h3-9H,2H2,1H3. The zero-order chi connectivity index (χ0) is 15.6. The minimum Gasteiger partial charge on any atom is -0.438 e. The van der Waals surface area contributed by atoms with Crippen molar-refractivity contribution in [1.82, 2.24) is 20.2 Å². The van der Waals surface area contributed by atoms with Crippen LogP contribution in [0.25, 0.3) is 21.7 Å². The first-order valence-electron chi connectivity index (χ1n) is 7.11. The Kier molecular flexibility index (Phi) is 3.47. The molecule has 0 radical (unpaired) electrons. The summed E-state index contributed by atoms with van der Waals surface area (Å²) in [6.07, 6.45) is 3.80. The third kappa shape index (κ3) is 2.66. The topological polar surface area (TPSA) is 73.9 Å². The summed E-state index contributed by atoms with van der Waals surface area (Å²) in [5.41, 5.74) is 0.839. The second-order valence-electron chi connectivity index (χ2n) is 4.83. The van der Waals surface area contributed by atoms with E-state index in [-0.39, 0.29) is 0 Å². The van der Waals surface area contributed by atoms with Crippen LogP contribution in [0.1, 0.15) is 11.8 Å². The van der Waals surface area contributed by atoms with Gasteiger partial charge in [-0.2, -0.15) is 0 Å². The minimum absolute atomic E-state index is 0.478. The first-order chi connectivity index (χ1) is 11.3. The van der Waals surface area contributed by atoms with Crippen molar-refractivity contribution in [2.75, 3.05) is 0 Å². The Morgan fingerprint density at radius 1 is 1.17 bits per heavy atom. The number of hydrogen-bond acceptors (Lipinski definition) is 7. The predicted molar refractivity (Wildman–Crippen MR) is 86.6 cm³/mol. The summed E-state index contributed by atoms with van der Waals surface area (Å²) in [6.45, 7) is 2.12. The molecule has 0 aliphatic rings. The van der Waals surface area contributed by atoms with Crippen LogP contribution in [-0.2, 0) is 6.42 Å². The van der Waals surface area contributed by atoms with Gasteiger partial charge in [0.25, 0.3) is 0 Å². The summed E-state index contributed by atoms with van der Waals surface area (Å²) >= 11 is 1.66. The third-order valence-corrected chi connectivity index (χ3v) is 4.56. The van der Waals surface area contributed by atoms with Crippen molar-refractivity contribution >= 4 is 21.6 Å². The van der Waals surface area contributed by atoms with Gasteiger partial charge >= 0.3 is 0 Å². The molecule has 0 atom stereocenters.